The summed E-state index contributed by atoms with van der Waals surface area (Å²) in [5.74, 6) is -0.607. The maximum Gasteiger partial charge on any atom is 0.330 e. The third kappa shape index (κ3) is 34.6. The Morgan fingerprint density at radius 1 is 0.452 bits per heavy atom. The Hall–Kier alpha value is -1.64. The number of ether oxygens (including phenoxy) is 10. The lowest BCUT2D eigenvalue weighted by Gasteiger charge is -2.09. The molecule has 0 amide bonds. The molecular weight excluding hydrogens is 552 g/mol. The minimum atomic E-state index is -0.460. The zero-order valence-corrected chi connectivity index (χ0v) is 25.9. The summed E-state index contributed by atoms with van der Waals surface area (Å²) in [7, 11) is 0. The van der Waals surface area contributed by atoms with Crippen LogP contribution in [0.5, 0.6) is 0 Å². The van der Waals surface area contributed by atoms with Crippen molar-refractivity contribution in [1.82, 2.24) is 0 Å². The third-order valence-electron chi connectivity index (χ3n) is 5.47. The Morgan fingerprint density at radius 3 is 1.12 bits per heavy atom. The summed E-state index contributed by atoms with van der Waals surface area (Å²) < 4.78 is 53.2. The van der Waals surface area contributed by atoms with Crippen LogP contribution in [-0.4, -0.2) is 131 Å². The Kier molecular flexibility index (Phi) is 34.2. The minimum absolute atomic E-state index is 0.147. The molecule has 12 heteroatoms. The van der Waals surface area contributed by atoms with Gasteiger partial charge in [0.2, 0.25) is 0 Å². The van der Waals surface area contributed by atoms with Crippen molar-refractivity contribution in [3.05, 3.63) is 12.7 Å². The monoisotopic (exact) mass is 608 g/mol. The van der Waals surface area contributed by atoms with Gasteiger partial charge in [0.05, 0.1) is 106 Å². The first kappa shape index (κ1) is 40.4. The summed E-state index contributed by atoms with van der Waals surface area (Å²) >= 11 is 0. The van der Waals surface area contributed by atoms with E-state index in [0.29, 0.717) is 112 Å². The molecule has 0 aliphatic rings. The normalized spacial score (nSPS) is 11.1. The summed E-state index contributed by atoms with van der Waals surface area (Å²) in [5, 5.41) is 0. The van der Waals surface area contributed by atoms with E-state index >= 15 is 0 Å². The SMILES string of the molecule is C=CC(=O)OCCOCCOCCOCCOCCOCCOCCOCCOCCOC(=O)CCCCCCCC. The van der Waals surface area contributed by atoms with Crippen molar-refractivity contribution in [2.24, 2.45) is 0 Å². The van der Waals surface area contributed by atoms with E-state index in [4.69, 9.17) is 47.4 Å². The zero-order valence-electron chi connectivity index (χ0n) is 25.9. The molecule has 0 aromatic heterocycles. The molecule has 12 nitrogen and oxygen atoms in total. The summed E-state index contributed by atoms with van der Waals surface area (Å²) in [5.41, 5.74) is 0. The number of esters is 2. The van der Waals surface area contributed by atoms with Crippen molar-refractivity contribution in [3.63, 3.8) is 0 Å². The van der Waals surface area contributed by atoms with Gasteiger partial charge < -0.3 is 47.4 Å². The molecule has 0 aliphatic heterocycles. The maximum atomic E-state index is 11.6. The molecule has 0 spiro atoms. The lowest BCUT2D eigenvalue weighted by atomic mass is 10.1. The first-order valence-corrected chi connectivity index (χ1v) is 15.3. The smallest absolute Gasteiger partial charge is 0.330 e. The van der Waals surface area contributed by atoms with Gasteiger partial charge in [0.15, 0.2) is 0 Å². The number of rotatable bonds is 35. The zero-order chi connectivity index (χ0) is 30.6. The van der Waals surface area contributed by atoms with Crippen LogP contribution in [-0.2, 0) is 57.0 Å². The quantitative estimate of drug-likeness (QED) is 0.0596. The molecule has 0 heterocycles. The van der Waals surface area contributed by atoms with Crippen molar-refractivity contribution in [1.29, 1.82) is 0 Å². The average Bonchev–Trinajstić information content (AvgIpc) is 3.00. The number of hydrogen-bond acceptors (Lipinski definition) is 12. The second kappa shape index (κ2) is 35.6. The van der Waals surface area contributed by atoms with Crippen molar-refractivity contribution in [2.45, 2.75) is 51.9 Å². The first-order valence-electron chi connectivity index (χ1n) is 15.3. The van der Waals surface area contributed by atoms with Crippen molar-refractivity contribution in [3.8, 4) is 0 Å². The molecule has 0 rings (SSSR count). The van der Waals surface area contributed by atoms with Gasteiger partial charge in [0.1, 0.15) is 13.2 Å². The fourth-order valence-corrected chi connectivity index (χ4v) is 3.24. The van der Waals surface area contributed by atoms with E-state index in [1.165, 1.54) is 25.7 Å². The first-order chi connectivity index (χ1) is 20.7. The lowest BCUT2D eigenvalue weighted by molar-refractivity contribution is -0.145. The van der Waals surface area contributed by atoms with Gasteiger partial charge >= 0.3 is 11.9 Å². The molecule has 0 radical (unpaired) electrons. The molecule has 0 saturated carbocycles. The summed E-state index contributed by atoms with van der Waals surface area (Å²) in [6.07, 6.45) is 8.52. The van der Waals surface area contributed by atoms with Gasteiger partial charge in [-0.25, -0.2) is 4.79 Å². The predicted molar refractivity (Wildman–Crippen MR) is 157 cm³/mol. The highest BCUT2D eigenvalue weighted by atomic mass is 16.6. The van der Waals surface area contributed by atoms with Crippen LogP contribution in [0.25, 0.3) is 0 Å². The molecule has 0 saturated heterocycles. The van der Waals surface area contributed by atoms with Crippen LogP contribution in [0.2, 0.25) is 0 Å². The summed E-state index contributed by atoms with van der Waals surface area (Å²) in [6, 6.07) is 0. The van der Waals surface area contributed by atoms with Crippen LogP contribution < -0.4 is 0 Å². The van der Waals surface area contributed by atoms with Crippen molar-refractivity contribution in [2.75, 3.05) is 119 Å². The Morgan fingerprint density at radius 2 is 0.762 bits per heavy atom. The van der Waals surface area contributed by atoms with Crippen molar-refractivity contribution >= 4 is 11.9 Å². The van der Waals surface area contributed by atoms with Crippen LogP contribution in [0, 0.1) is 0 Å². The van der Waals surface area contributed by atoms with Crippen LogP contribution in [0.15, 0.2) is 12.7 Å². The van der Waals surface area contributed by atoms with Gasteiger partial charge in [0, 0.05) is 12.5 Å². The molecule has 0 aliphatic carbocycles. The largest absolute Gasteiger partial charge is 0.463 e. The standard InChI is InChI=1S/C30H56O12/c1-3-5-6-7-8-9-10-30(32)42-28-26-40-24-22-38-20-18-36-16-14-34-12-11-33-13-15-35-17-19-37-21-23-39-25-27-41-29(31)4-2/h4H,2-3,5-28H2,1H3. The second-order valence-corrected chi connectivity index (χ2v) is 9.01. The Bertz CT molecular complexity index is 591. The Labute approximate surface area is 252 Å². The van der Waals surface area contributed by atoms with E-state index in [2.05, 4.69) is 13.5 Å². The number of unbranched alkanes of at least 4 members (excludes halogenated alkanes) is 5. The molecule has 0 unspecified atom stereocenters. The van der Waals surface area contributed by atoms with Crippen LogP contribution >= 0.6 is 0 Å². The molecule has 42 heavy (non-hydrogen) atoms. The molecule has 0 aromatic carbocycles. The van der Waals surface area contributed by atoms with E-state index in [9.17, 15) is 9.59 Å². The minimum Gasteiger partial charge on any atom is -0.463 e. The molecule has 0 atom stereocenters. The van der Waals surface area contributed by atoms with Gasteiger partial charge in [-0.05, 0) is 6.42 Å². The van der Waals surface area contributed by atoms with Gasteiger partial charge in [-0.2, -0.15) is 0 Å². The van der Waals surface area contributed by atoms with Gasteiger partial charge in [-0.1, -0.05) is 45.6 Å². The van der Waals surface area contributed by atoms with Gasteiger partial charge in [-0.3, -0.25) is 4.79 Å². The molecule has 0 N–H and O–H groups in total. The molecule has 248 valence electrons. The van der Waals surface area contributed by atoms with Gasteiger partial charge in [0.25, 0.3) is 0 Å². The molecule has 0 fully saturated rings. The Balaban J connectivity index is 3.11. The summed E-state index contributed by atoms with van der Waals surface area (Å²) in [4.78, 5) is 22.5. The number of carbonyl (C=O) groups excluding carboxylic acids is 2. The van der Waals surface area contributed by atoms with Crippen LogP contribution in [0.4, 0.5) is 0 Å². The van der Waals surface area contributed by atoms with E-state index in [-0.39, 0.29) is 19.2 Å². The highest BCUT2D eigenvalue weighted by Crippen LogP contribution is 2.07. The third-order valence-corrected chi connectivity index (χ3v) is 5.47. The van der Waals surface area contributed by atoms with E-state index in [1.807, 2.05) is 0 Å². The fourth-order valence-electron chi connectivity index (χ4n) is 3.24. The van der Waals surface area contributed by atoms with Gasteiger partial charge in [-0.15, -0.1) is 0 Å². The van der Waals surface area contributed by atoms with E-state index in [0.717, 1.165) is 18.9 Å². The van der Waals surface area contributed by atoms with E-state index in [1.54, 1.807) is 0 Å². The molecule has 0 aromatic rings. The molecule has 0 bridgehead atoms. The summed E-state index contributed by atoms with van der Waals surface area (Å²) in [6.45, 7) is 13.3. The van der Waals surface area contributed by atoms with Crippen LogP contribution in [0.1, 0.15) is 51.9 Å². The van der Waals surface area contributed by atoms with E-state index < -0.39 is 5.97 Å². The average molecular weight is 609 g/mol. The highest BCUT2D eigenvalue weighted by molar-refractivity contribution is 5.81. The maximum absolute atomic E-state index is 11.6. The lowest BCUT2D eigenvalue weighted by Crippen LogP contribution is -2.15. The topological polar surface area (TPSA) is 126 Å². The fraction of sp³-hybridized carbons (Fsp3) is 0.867. The number of carbonyl (C=O) groups is 2. The predicted octanol–water partition coefficient (Wildman–Crippen LogP) is 3.14. The number of hydrogen-bond donors (Lipinski definition) is 0. The highest BCUT2D eigenvalue weighted by Gasteiger charge is 2.02. The molecular formula is C30H56O12. The van der Waals surface area contributed by atoms with Crippen molar-refractivity contribution < 1.29 is 57.0 Å². The van der Waals surface area contributed by atoms with Crippen LogP contribution in [0.3, 0.4) is 0 Å². The second-order valence-electron chi connectivity index (χ2n) is 9.01.